The summed E-state index contributed by atoms with van der Waals surface area (Å²) >= 11 is 3.51. The second-order valence-electron chi connectivity index (χ2n) is 7.47. The van der Waals surface area contributed by atoms with Gasteiger partial charge in [-0.3, -0.25) is 4.57 Å². The summed E-state index contributed by atoms with van der Waals surface area (Å²) in [5.74, 6) is 1.64. The Morgan fingerprint density at radius 1 is 0.548 bits per heavy atom. The van der Waals surface area contributed by atoms with Crippen molar-refractivity contribution in [2.45, 2.75) is 6.92 Å². The lowest BCUT2D eigenvalue weighted by atomic mass is 10.0. The first kappa shape index (κ1) is 19.5. The van der Waals surface area contributed by atoms with Crippen LogP contribution in [0.4, 0.5) is 0 Å². The highest BCUT2D eigenvalue weighted by Crippen LogP contribution is 2.30. The van der Waals surface area contributed by atoms with Crippen LogP contribution in [0.5, 0.6) is 0 Å². The summed E-state index contributed by atoms with van der Waals surface area (Å²) in [6.07, 6.45) is 0. The molecule has 1 aromatic heterocycles. The molecule has 0 saturated carbocycles. The van der Waals surface area contributed by atoms with Crippen LogP contribution in [0.2, 0.25) is 0 Å². The van der Waals surface area contributed by atoms with Crippen molar-refractivity contribution >= 4 is 15.9 Å². The molecule has 4 heteroatoms. The first-order valence-corrected chi connectivity index (χ1v) is 10.9. The van der Waals surface area contributed by atoms with Gasteiger partial charge in [0.1, 0.15) is 0 Å². The summed E-state index contributed by atoms with van der Waals surface area (Å²) in [4.78, 5) is 0. The molecule has 0 amide bonds. The molecule has 4 aromatic carbocycles. The molecule has 0 atom stereocenters. The summed E-state index contributed by atoms with van der Waals surface area (Å²) in [7, 11) is 0. The molecule has 0 radical (unpaired) electrons. The van der Waals surface area contributed by atoms with E-state index in [2.05, 4.69) is 123 Å². The SMILES string of the molecule is Cc1ccc(-n2c(-c3ccc(Br)cc3)nnc2-c2ccc(-c3ccccc3)cc2)cc1. The highest BCUT2D eigenvalue weighted by Gasteiger charge is 2.17. The number of aryl methyl sites for hydroxylation is 1. The molecule has 5 aromatic rings. The number of aromatic nitrogens is 3. The van der Waals surface area contributed by atoms with Gasteiger partial charge in [-0.05, 0) is 42.3 Å². The first-order valence-electron chi connectivity index (χ1n) is 10.1. The smallest absolute Gasteiger partial charge is 0.168 e. The molecule has 0 N–H and O–H groups in total. The van der Waals surface area contributed by atoms with E-state index in [-0.39, 0.29) is 0 Å². The fourth-order valence-electron chi connectivity index (χ4n) is 3.64. The van der Waals surface area contributed by atoms with Crippen molar-refractivity contribution in [3.8, 4) is 39.6 Å². The van der Waals surface area contributed by atoms with E-state index in [1.54, 1.807) is 0 Å². The third-order valence-corrected chi connectivity index (χ3v) is 5.84. The molecule has 0 unspecified atom stereocenters. The van der Waals surface area contributed by atoms with Crippen molar-refractivity contribution in [1.29, 1.82) is 0 Å². The Kier molecular flexibility index (Phi) is 5.23. The average Bonchev–Trinajstić information content (AvgIpc) is 3.26. The minimum absolute atomic E-state index is 0.818. The molecule has 150 valence electrons. The van der Waals surface area contributed by atoms with Gasteiger partial charge in [-0.25, -0.2) is 0 Å². The Labute approximate surface area is 190 Å². The Morgan fingerprint density at radius 3 is 1.61 bits per heavy atom. The van der Waals surface area contributed by atoms with E-state index in [0.29, 0.717) is 0 Å². The first-order chi connectivity index (χ1) is 15.2. The van der Waals surface area contributed by atoms with E-state index in [1.807, 2.05) is 18.2 Å². The topological polar surface area (TPSA) is 30.7 Å². The second-order valence-corrected chi connectivity index (χ2v) is 8.38. The predicted octanol–water partition coefficient (Wildman–Crippen LogP) is 7.34. The lowest BCUT2D eigenvalue weighted by Gasteiger charge is -2.12. The maximum absolute atomic E-state index is 4.59. The molecule has 0 aliphatic rings. The molecule has 1 heterocycles. The van der Waals surface area contributed by atoms with Gasteiger partial charge >= 0.3 is 0 Å². The molecular formula is C27H20BrN3. The zero-order valence-electron chi connectivity index (χ0n) is 17.0. The number of hydrogen-bond donors (Lipinski definition) is 0. The zero-order chi connectivity index (χ0) is 21.2. The van der Waals surface area contributed by atoms with Crippen LogP contribution >= 0.6 is 15.9 Å². The molecule has 31 heavy (non-hydrogen) atoms. The van der Waals surface area contributed by atoms with Gasteiger partial charge in [-0.15, -0.1) is 10.2 Å². The largest absolute Gasteiger partial charge is 0.275 e. The minimum atomic E-state index is 0.818. The van der Waals surface area contributed by atoms with Gasteiger partial charge in [0.25, 0.3) is 0 Å². The van der Waals surface area contributed by atoms with Gasteiger partial charge in [0.2, 0.25) is 0 Å². The Balaban J connectivity index is 1.63. The van der Waals surface area contributed by atoms with Crippen molar-refractivity contribution in [2.24, 2.45) is 0 Å². The molecular weight excluding hydrogens is 446 g/mol. The van der Waals surface area contributed by atoms with Crippen molar-refractivity contribution in [3.63, 3.8) is 0 Å². The quantitative estimate of drug-likeness (QED) is 0.278. The van der Waals surface area contributed by atoms with Crippen LogP contribution in [0, 0.1) is 6.92 Å². The monoisotopic (exact) mass is 465 g/mol. The van der Waals surface area contributed by atoms with E-state index < -0.39 is 0 Å². The molecule has 0 fully saturated rings. The fourth-order valence-corrected chi connectivity index (χ4v) is 3.90. The second kappa shape index (κ2) is 8.32. The molecule has 0 bridgehead atoms. The van der Waals surface area contributed by atoms with Gasteiger partial charge in [0.15, 0.2) is 11.6 Å². The van der Waals surface area contributed by atoms with Gasteiger partial charge in [-0.2, -0.15) is 0 Å². The maximum Gasteiger partial charge on any atom is 0.168 e. The normalized spacial score (nSPS) is 10.9. The van der Waals surface area contributed by atoms with Crippen LogP contribution in [0.3, 0.4) is 0 Å². The van der Waals surface area contributed by atoms with Gasteiger partial charge < -0.3 is 0 Å². The molecule has 5 rings (SSSR count). The number of halogens is 1. The summed E-state index contributed by atoms with van der Waals surface area (Å²) in [5.41, 5.74) is 6.68. The van der Waals surface area contributed by atoms with E-state index >= 15 is 0 Å². The number of hydrogen-bond acceptors (Lipinski definition) is 2. The van der Waals surface area contributed by atoms with Crippen molar-refractivity contribution in [3.05, 3.63) is 113 Å². The van der Waals surface area contributed by atoms with Crippen LogP contribution < -0.4 is 0 Å². The van der Waals surface area contributed by atoms with Crippen LogP contribution in [-0.2, 0) is 0 Å². The Bertz CT molecular complexity index is 1300. The molecule has 0 saturated heterocycles. The standard InChI is InChI=1S/C27H20BrN3/c1-19-7-17-25(18-8-19)31-26(29-30-27(31)23-13-15-24(28)16-14-23)22-11-9-21(10-12-22)20-5-3-2-4-6-20/h2-18H,1H3. The maximum atomic E-state index is 4.59. The third-order valence-electron chi connectivity index (χ3n) is 5.31. The summed E-state index contributed by atoms with van der Waals surface area (Å²) in [6, 6.07) is 35.5. The molecule has 0 aliphatic carbocycles. The van der Waals surface area contributed by atoms with Gasteiger partial charge in [-0.1, -0.05) is 100 Å². The van der Waals surface area contributed by atoms with E-state index in [1.165, 1.54) is 16.7 Å². The van der Waals surface area contributed by atoms with Crippen molar-refractivity contribution < 1.29 is 0 Å². The van der Waals surface area contributed by atoms with Crippen molar-refractivity contribution in [1.82, 2.24) is 14.8 Å². The average molecular weight is 466 g/mol. The Hall–Kier alpha value is -3.50. The fraction of sp³-hybridized carbons (Fsp3) is 0.0370. The zero-order valence-corrected chi connectivity index (χ0v) is 18.6. The lowest BCUT2D eigenvalue weighted by molar-refractivity contribution is 1.07. The number of nitrogens with zero attached hydrogens (tertiary/aromatic N) is 3. The molecule has 0 spiro atoms. The van der Waals surface area contributed by atoms with E-state index in [4.69, 9.17) is 0 Å². The lowest BCUT2D eigenvalue weighted by Crippen LogP contribution is -2.00. The number of benzene rings is 4. The summed E-state index contributed by atoms with van der Waals surface area (Å²) in [5, 5.41) is 9.16. The summed E-state index contributed by atoms with van der Waals surface area (Å²) < 4.78 is 3.16. The van der Waals surface area contributed by atoms with E-state index in [9.17, 15) is 0 Å². The summed E-state index contributed by atoms with van der Waals surface area (Å²) in [6.45, 7) is 2.09. The van der Waals surface area contributed by atoms with Crippen molar-refractivity contribution in [2.75, 3.05) is 0 Å². The molecule has 3 nitrogen and oxygen atoms in total. The highest BCUT2D eigenvalue weighted by atomic mass is 79.9. The van der Waals surface area contributed by atoms with Crippen LogP contribution in [0.15, 0.2) is 108 Å². The van der Waals surface area contributed by atoms with E-state index in [0.717, 1.165) is 32.9 Å². The third kappa shape index (κ3) is 3.94. The van der Waals surface area contributed by atoms with Crippen LogP contribution in [-0.4, -0.2) is 14.8 Å². The highest BCUT2D eigenvalue weighted by molar-refractivity contribution is 9.10. The van der Waals surface area contributed by atoms with Crippen LogP contribution in [0.25, 0.3) is 39.6 Å². The van der Waals surface area contributed by atoms with Gasteiger partial charge in [0, 0.05) is 21.3 Å². The minimum Gasteiger partial charge on any atom is -0.275 e. The van der Waals surface area contributed by atoms with Gasteiger partial charge in [0.05, 0.1) is 0 Å². The number of rotatable bonds is 4. The Morgan fingerprint density at radius 2 is 1.03 bits per heavy atom. The van der Waals surface area contributed by atoms with Crippen LogP contribution in [0.1, 0.15) is 5.56 Å². The molecule has 0 aliphatic heterocycles. The predicted molar refractivity (Wildman–Crippen MR) is 130 cm³/mol.